The van der Waals surface area contributed by atoms with Gasteiger partial charge in [-0.25, -0.2) is 4.79 Å². The first kappa shape index (κ1) is 30.3. The molecule has 1 atom stereocenters. The van der Waals surface area contributed by atoms with E-state index in [1.54, 1.807) is 18.2 Å². The number of methoxy groups -OCH3 is 1. The number of carbonyl (C=O) groups excluding carboxylic acids is 4. The van der Waals surface area contributed by atoms with Crippen molar-refractivity contribution in [3.63, 3.8) is 0 Å². The molecular weight excluding hydrogens is 554 g/mol. The van der Waals surface area contributed by atoms with Gasteiger partial charge in [0.25, 0.3) is 5.91 Å². The Kier molecular flexibility index (Phi) is 11.1. The van der Waals surface area contributed by atoms with Crippen molar-refractivity contribution >= 4 is 51.0 Å². The number of alkyl carbamates (subject to hydrolysis) is 1. The molecule has 0 unspecified atom stereocenters. The van der Waals surface area contributed by atoms with Crippen molar-refractivity contribution in [2.75, 3.05) is 19.0 Å². The Morgan fingerprint density at radius 3 is 2.43 bits per heavy atom. The van der Waals surface area contributed by atoms with Gasteiger partial charge in [0.2, 0.25) is 5.91 Å². The number of carbonyl (C=O) groups is 4. The smallest absolute Gasteiger partial charge is 0.407 e. The van der Waals surface area contributed by atoms with Crippen molar-refractivity contribution in [2.45, 2.75) is 38.3 Å². The molecule has 4 aromatic rings. The fraction of sp³-hybridized carbons (Fsp3) is 0.250. The zero-order valence-corrected chi connectivity index (χ0v) is 24.1. The molecule has 0 saturated heterocycles. The van der Waals surface area contributed by atoms with Gasteiger partial charge < -0.3 is 25.4 Å². The van der Waals surface area contributed by atoms with Crippen LogP contribution in [0, 0.1) is 0 Å². The fourth-order valence-electron chi connectivity index (χ4n) is 4.28. The van der Waals surface area contributed by atoms with Gasteiger partial charge in [0.05, 0.1) is 12.0 Å². The Morgan fingerprint density at radius 1 is 0.905 bits per heavy atom. The Balaban J connectivity index is 1.39. The number of aryl methyl sites for hydroxylation is 1. The van der Waals surface area contributed by atoms with Crippen LogP contribution in [-0.4, -0.2) is 43.6 Å². The maximum Gasteiger partial charge on any atom is 0.407 e. The number of ether oxygens (including phenoxy) is 2. The first-order valence-electron chi connectivity index (χ1n) is 13.6. The fourth-order valence-corrected chi connectivity index (χ4v) is 5.25. The summed E-state index contributed by atoms with van der Waals surface area (Å²) >= 11 is 1.35. The Morgan fingerprint density at radius 2 is 1.64 bits per heavy atom. The van der Waals surface area contributed by atoms with Gasteiger partial charge in [0.15, 0.2) is 0 Å². The monoisotopic (exact) mass is 587 g/mol. The van der Waals surface area contributed by atoms with Crippen LogP contribution in [0.2, 0.25) is 0 Å². The summed E-state index contributed by atoms with van der Waals surface area (Å²) in [7, 11) is 1.33. The van der Waals surface area contributed by atoms with Crippen LogP contribution in [0.1, 0.15) is 40.1 Å². The topological polar surface area (TPSA) is 123 Å². The highest BCUT2D eigenvalue weighted by atomic mass is 32.1. The summed E-state index contributed by atoms with van der Waals surface area (Å²) in [6.07, 6.45) is 0.674. The highest BCUT2D eigenvalue weighted by Crippen LogP contribution is 2.25. The van der Waals surface area contributed by atoms with Gasteiger partial charge in [0.1, 0.15) is 12.6 Å². The van der Waals surface area contributed by atoms with Gasteiger partial charge in [-0.1, -0.05) is 66.7 Å². The summed E-state index contributed by atoms with van der Waals surface area (Å²) in [5.41, 5.74) is 2.20. The van der Waals surface area contributed by atoms with E-state index in [9.17, 15) is 19.2 Å². The Labute approximate surface area is 248 Å². The molecule has 0 radical (unpaired) electrons. The van der Waals surface area contributed by atoms with E-state index in [1.165, 1.54) is 18.4 Å². The molecular formula is C32H33N3O6S. The SMILES string of the molecule is COC(=O)CCc1ccccc1NC(=O)[C@H](CCCNC(=O)OCc1ccccc1)NC(=O)c1cc2ccccc2s1. The molecule has 218 valence electrons. The second-order valence-electron chi connectivity index (χ2n) is 9.53. The predicted molar refractivity (Wildman–Crippen MR) is 162 cm³/mol. The molecule has 0 aliphatic heterocycles. The lowest BCUT2D eigenvalue weighted by atomic mass is 10.1. The third-order valence-corrected chi connectivity index (χ3v) is 7.64. The van der Waals surface area contributed by atoms with E-state index in [-0.39, 0.29) is 37.9 Å². The molecule has 0 bridgehead atoms. The summed E-state index contributed by atoms with van der Waals surface area (Å²) in [6, 6.07) is 25.1. The highest BCUT2D eigenvalue weighted by molar-refractivity contribution is 7.20. The van der Waals surface area contributed by atoms with Crippen LogP contribution >= 0.6 is 11.3 Å². The summed E-state index contributed by atoms with van der Waals surface area (Å²) < 4.78 is 11.0. The standard InChI is InChI=1S/C32H33N3O6S/c1-40-29(36)18-17-23-12-5-7-14-25(23)34-30(37)26(35-31(38)28-20-24-13-6-8-16-27(24)42-28)15-9-19-33-32(39)41-21-22-10-3-2-4-11-22/h2-8,10-14,16,20,26H,9,15,17-19,21H2,1H3,(H,33,39)(H,34,37)(H,35,38)/t26-/m0/s1. The maximum absolute atomic E-state index is 13.5. The van der Waals surface area contributed by atoms with E-state index in [2.05, 4.69) is 16.0 Å². The van der Waals surface area contributed by atoms with Crippen molar-refractivity contribution < 1.29 is 28.7 Å². The minimum atomic E-state index is -0.876. The highest BCUT2D eigenvalue weighted by Gasteiger charge is 2.23. The molecule has 0 spiro atoms. The average molecular weight is 588 g/mol. The van der Waals surface area contributed by atoms with Crippen LogP contribution in [0.25, 0.3) is 10.1 Å². The van der Waals surface area contributed by atoms with E-state index >= 15 is 0 Å². The zero-order chi connectivity index (χ0) is 29.7. The van der Waals surface area contributed by atoms with Crippen molar-refractivity contribution in [3.05, 3.63) is 101 Å². The van der Waals surface area contributed by atoms with Gasteiger partial charge in [0, 0.05) is 23.4 Å². The molecule has 0 saturated carbocycles. The first-order chi connectivity index (χ1) is 20.4. The number of nitrogens with one attached hydrogen (secondary N) is 3. The first-order valence-corrected chi connectivity index (χ1v) is 14.4. The second kappa shape index (κ2) is 15.3. The van der Waals surface area contributed by atoms with E-state index in [0.29, 0.717) is 23.4 Å². The quantitative estimate of drug-likeness (QED) is 0.141. The number of fused-ring (bicyclic) bond motifs is 1. The lowest BCUT2D eigenvalue weighted by molar-refractivity contribution is -0.140. The number of esters is 1. The lowest BCUT2D eigenvalue weighted by Gasteiger charge is -2.19. The summed E-state index contributed by atoms with van der Waals surface area (Å²) in [6.45, 7) is 0.407. The van der Waals surface area contributed by atoms with Crippen LogP contribution < -0.4 is 16.0 Å². The van der Waals surface area contributed by atoms with E-state index in [1.807, 2.05) is 66.7 Å². The summed E-state index contributed by atoms with van der Waals surface area (Å²) in [5, 5.41) is 9.42. The van der Waals surface area contributed by atoms with Crippen LogP contribution in [0.15, 0.2) is 84.9 Å². The van der Waals surface area contributed by atoms with Crippen molar-refractivity contribution in [2.24, 2.45) is 0 Å². The van der Waals surface area contributed by atoms with Crippen molar-refractivity contribution in [1.29, 1.82) is 0 Å². The summed E-state index contributed by atoms with van der Waals surface area (Å²) in [5.74, 6) is -1.11. The molecule has 3 N–H and O–H groups in total. The largest absolute Gasteiger partial charge is 0.469 e. The molecule has 42 heavy (non-hydrogen) atoms. The molecule has 4 rings (SSSR count). The van der Waals surface area contributed by atoms with Gasteiger partial charge >= 0.3 is 12.1 Å². The molecule has 3 aromatic carbocycles. The Bertz CT molecular complexity index is 1490. The van der Waals surface area contributed by atoms with Crippen LogP contribution in [0.4, 0.5) is 10.5 Å². The van der Waals surface area contributed by atoms with E-state index in [4.69, 9.17) is 9.47 Å². The third kappa shape index (κ3) is 8.90. The van der Waals surface area contributed by atoms with Gasteiger partial charge in [-0.3, -0.25) is 14.4 Å². The number of thiophene rings is 1. The lowest BCUT2D eigenvalue weighted by Crippen LogP contribution is -2.44. The molecule has 9 nitrogen and oxygen atoms in total. The molecule has 3 amide bonds. The number of para-hydroxylation sites is 1. The predicted octanol–water partition coefficient (Wildman–Crippen LogP) is 5.45. The van der Waals surface area contributed by atoms with Gasteiger partial charge in [-0.2, -0.15) is 0 Å². The number of benzene rings is 3. The van der Waals surface area contributed by atoms with Gasteiger partial charge in [-0.15, -0.1) is 11.3 Å². The molecule has 0 aliphatic rings. The number of anilines is 1. The molecule has 0 aliphatic carbocycles. The Hall–Kier alpha value is -4.70. The average Bonchev–Trinajstić information content (AvgIpc) is 3.46. The van der Waals surface area contributed by atoms with Gasteiger partial charge in [-0.05, 0) is 54.0 Å². The minimum Gasteiger partial charge on any atom is -0.469 e. The number of hydrogen-bond acceptors (Lipinski definition) is 7. The third-order valence-electron chi connectivity index (χ3n) is 6.52. The molecule has 10 heteroatoms. The molecule has 0 fully saturated rings. The maximum atomic E-state index is 13.5. The number of rotatable bonds is 13. The van der Waals surface area contributed by atoms with Crippen molar-refractivity contribution in [1.82, 2.24) is 10.6 Å². The normalized spacial score (nSPS) is 11.4. The summed E-state index contributed by atoms with van der Waals surface area (Å²) in [4.78, 5) is 51.0. The molecule has 1 aromatic heterocycles. The number of amides is 3. The second-order valence-corrected chi connectivity index (χ2v) is 10.6. The molecule has 1 heterocycles. The van der Waals surface area contributed by atoms with Crippen molar-refractivity contribution in [3.8, 4) is 0 Å². The van der Waals surface area contributed by atoms with Crippen LogP contribution in [-0.2, 0) is 32.1 Å². The minimum absolute atomic E-state index is 0.151. The van der Waals surface area contributed by atoms with Crippen LogP contribution in [0.3, 0.4) is 0 Å². The van der Waals surface area contributed by atoms with E-state index in [0.717, 1.165) is 21.2 Å². The number of hydrogen-bond donors (Lipinski definition) is 3. The van der Waals surface area contributed by atoms with E-state index < -0.39 is 18.0 Å². The zero-order valence-electron chi connectivity index (χ0n) is 23.3. The van der Waals surface area contributed by atoms with Crippen LogP contribution in [0.5, 0.6) is 0 Å².